The molecule has 0 aromatic heterocycles. The maximum atomic E-state index is 5.97. The molecular weight excluding hydrogens is 252 g/mol. The summed E-state index contributed by atoms with van der Waals surface area (Å²) in [5.41, 5.74) is 8.19. The van der Waals surface area contributed by atoms with E-state index >= 15 is 0 Å². The van der Waals surface area contributed by atoms with Gasteiger partial charge in [0, 0.05) is 10.2 Å². The molecular formula is C12H17BrN2. The maximum absolute atomic E-state index is 5.97. The molecule has 1 heterocycles. The average molecular weight is 269 g/mol. The molecule has 0 saturated carbocycles. The van der Waals surface area contributed by atoms with Crippen LogP contribution in [-0.4, -0.2) is 13.1 Å². The van der Waals surface area contributed by atoms with Gasteiger partial charge in [0.25, 0.3) is 0 Å². The van der Waals surface area contributed by atoms with Gasteiger partial charge in [-0.25, -0.2) is 0 Å². The van der Waals surface area contributed by atoms with Gasteiger partial charge < -0.3 is 11.1 Å². The quantitative estimate of drug-likeness (QED) is 0.810. The third-order valence-electron chi connectivity index (χ3n) is 3.07. The van der Waals surface area contributed by atoms with Crippen LogP contribution in [0.4, 0.5) is 5.69 Å². The van der Waals surface area contributed by atoms with Gasteiger partial charge in [0.15, 0.2) is 0 Å². The Morgan fingerprint density at radius 3 is 2.80 bits per heavy atom. The fourth-order valence-corrected chi connectivity index (χ4v) is 2.56. The molecule has 0 amide bonds. The molecule has 15 heavy (non-hydrogen) atoms. The Hall–Kier alpha value is -0.540. The van der Waals surface area contributed by atoms with E-state index in [1.165, 1.54) is 18.4 Å². The number of hydrogen-bond acceptors (Lipinski definition) is 2. The molecule has 1 aromatic rings. The number of nitrogens with one attached hydrogen (secondary N) is 1. The third-order valence-corrected chi connectivity index (χ3v) is 3.57. The molecule has 1 aromatic carbocycles. The van der Waals surface area contributed by atoms with Crippen LogP contribution >= 0.6 is 15.9 Å². The van der Waals surface area contributed by atoms with E-state index in [9.17, 15) is 0 Å². The summed E-state index contributed by atoms with van der Waals surface area (Å²) in [4.78, 5) is 0. The van der Waals surface area contributed by atoms with Crippen molar-refractivity contribution in [1.29, 1.82) is 0 Å². The molecule has 1 saturated heterocycles. The van der Waals surface area contributed by atoms with E-state index in [0.717, 1.165) is 35.6 Å². The lowest BCUT2D eigenvalue weighted by Crippen LogP contribution is -2.28. The summed E-state index contributed by atoms with van der Waals surface area (Å²) in [7, 11) is 0. The normalized spacial score (nSPS) is 17.9. The van der Waals surface area contributed by atoms with Crippen molar-refractivity contribution in [3.8, 4) is 0 Å². The van der Waals surface area contributed by atoms with Crippen LogP contribution < -0.4 is 11.1 Å². The number of nitrogen functional groups attached to an aromatic ring is 1. The predicted octanol–water partition coefficient (Wildman–Crippen LogP) is 2.57. The lowest BCUT2D eigenvalue weighted by atomic mass is 9.90. The van der Waals surface area contributed by atoms with Crippen LogP contribution in [0.25, 0.3) is 0 Å². The fraction of sp³-hybridized carbons (Fsp3) is 0.500. The minimum absolute atomic E-state index is 0.794. The van der Waals surface area contributed by atoms with Gasteiger partial charge in [0.1, 0.15) is 0 Å². The van der Waals surface area contributed by atoms with Gasteiger partial charge in [-0.15, -0.1) is 0 Å². The van der Waals surface area contributed by atoms with E-state index < -0.39 is 0 Å². The van der Waals surface area contributed by atoms with Gasteiger partial charge in [-0.2, -0.15) is 0 Å². The van der Waals surface area contributed by atoms with Gasteiger partial charge in [-0.3, -0.25) is 0 Å². The average Bonchev–Trinajstić information content (AvgIpc) is 2.25. The standard InChI is InChI=1S/C12H17BrN2/c13-11-1-2-12(14)10(8-11)7-9-3-5-15-6-4-9/h1-2,8-9,15H,3-7,14H2. The summed E-state index contributed by atoms with van der Waals surface area (Å²) in [6.07, 6.45) is 3.66. The van der Waals surface area contributed by atoms with Crippen LogP contribution in [0.3, 0.4) is 0 Å². The van der Waals surface area contributed by atoms with E-state index in [4.69, 9.17) is 5.73 Å². The molecule has 2 rings (SSSR count). The predicted molar refractivity (Wildman–Crippen MR) is 67.9 cm³/mol. The fourth-order valence-electron chi connectivity index (χ4n) is 2.15. The number of piperidine rings is 1. The largest absolute Gasteiger partial charge is 0.399 e. The van der Waals surface area contributed by atoms with Crippen LogP contribution in [0.15, 0.2) is 22.7 Å². The van der Waals surface area contributed by atoms with E-state index in [1.54, 1.807) is 0 Å². The van der Waals surface area contributed by atoms with Crippen molar-refractivity contribution >= 4 is 21.6 Å². The van der Waals surface area contributed by atoms with Crippen molar-refractivity contribution in [1.82, 2.24) is 5.32 Å². The number of benzene rings is 1. The Morgan fingerprint density at radius 2 is 2.07 bits per heavy atom. The Morgan fingerprint density at radius 1 is 1.33 bits per heavy atom. The zero-order valence-corrected chi connectivity index (χ0v) is 10.4. The second-order valence-corrected chi connectivity index (χ2v) is 5.16. The molecule has 0 bridgehead atoms. The van der Waals surface area contributed by atoms with E-state index in [2.05, 4.69) is 27.3 Å². The first-order valence-electron chi connectivity index (χ1n) is 5.50. The molecule has 3 heteroatoms. The molecule has 82 valence electrons. The lowest BCUT2D eigenvalue weighted by molar-refractivity contribution is 0.373. The van der Waals surface area contributed by atoms with E-state index in [0.29, 0.717) is 0 Å². The number of nitrogens with two attached hydrogens (primary N) is 1. The van der Waals surface area contributed by atoms with Crippen LogP contribution in [-0.2, 0) is 6.42 Å². The van der Waals surface area contributed by atoms with Crippen LogP contribution in [0.2, 0.25) is 0 Å². The highest BCUT2D eigenvalue weighted by Crippen LogP contribution is 2.24. The zero-order valence-electron chi connectivity index (χ0n) is 8.80. The van der Waals surface area contributed by atoms with E-state index in [1.807, 2.05) is 12.1 Å². The number of halogens is 1. The Balaban J connectivity index is 2.05. The zero-order chi connectivity index (χ0) is 10.7. The highest BCUT2D eigenvalue weighted by Gasteiger charge is 2.14. The first-order chi connectivity index (χ1) is 7.25. The summed E-state index contributed by atoms with van der Waals surface area (Å²) in [5.74, 6) is 0.794. The second-order valence-electron chi connectivity index (χ2n) is 4.24. The number of hydrogen-bond donors (Lipinski definition) is 2. The van der Waals surface area contributed by atoms with Crippen LogP contribution in [0.5, 0.6) is 0 Å². The number of anilines is 1. The lowest BCUT2D eigenvalue weighted by Gasteiger charge is -2.23. The SMILES string of the molecule is Nc1ccc(Br)cc1CC1CCNCC1. The monoisotopic (exact) mass is 268 g/mol. The minimum Gasteiger partial charge on any atom is -0.399 e. The van der Waals surface area contributed by atoms with Crippen molar-refractivity contribution in [2.75, 3.05) is 18.8 Å². The van der Waals surface area contributed by atoms with Gasteiger partial charge in [-0.05, 0) is 62.0 Å². The van der Waals surface area contributed by atoms with Crippen molar-refractivity contribution in [2.24, 2.45) is 5.92 Å². The van der Waals surface area contributed by atoms with Gasteiger partial charge in [-0.1, -0.05) is 15.9 Å². The van der Waals surface area contributed by atoms with Crippen molar-refractivity contribution in [2.45, 2.75) is 19.3 Å². The summed E-state index contributed by atoms with van der Waals surface area (Å²) >= 11 is 3.49. The Kier molecular flexibility index (Phi) is 3.65. The minimum atomic E-state index is 0.794. The van der Waals surface area contributed by atoms with E-state index in [-0.39, 0.29) is 0 Å². The summed E-state index contributed by atoms with van der Waals surface area (Å²) < 4.78 is 1.13. The first-order valence-corrected chi connectivity index (χ1v) is 6.29. The summed E-state index contributed by atoms with van der Waals surface area (Å²) in [6.45, 7) is 2.30. The third kappa shape index (κ3) is 2.95. The highest BCUT2D eigenvalue weighted by molar-refractivity contribution is 9.10. The first kappa shape index (κ1) is 11.0. The Labute approximate surface area is 99.4 Å². The smallest absolute Gasteiger partial charge is 0.0347 e. The molecule has 0 atom stereocenters. The molecule has 0 aliphatic carbocycles. The van der Waals surface area contributed by atoms with Crippen molar-refractivity contribution in [3.63, 3.8) is 0 Å². The van der Waals surface area contributed by atoms with Gasteiger partial charge >= 0.3 is 0 Å². The summed E-state index contributed by atoms with van der Waals surface area (Å²) in [5, 5.41) is 3.39. The number of rotatable bonds is 2. The molecule has 2 nitrogen and oxygen atoms in total. The molecule has 0 unspecified atom stereocenters. The van der Waals surface area contributed by atoms with Crippen molar-refractivity contribution in [3.05, 3.63) is 28.2 Å². The van der Waals surface area contributed by atoms with Crippen molar-refractivity contribution < 1.29 is 0 Å². The molecule has 1 fully saturated rings. The molecule has 0 radical (unpaired) electrons. The van der Waals surface area contributed by atoms with Crippen LogP contribution in [0, 0.1) is 5.92 Å². The van der Waals surface area contributed by atoms with Crippen LogP contribution in [0.1, 0.15) is 18.4 Å². The second kappa shape index (κ2) is 4.99. The topological polar surface area (TPSA) is 38.0 Å². The van der Waals surface area contributed by atoms with Gasteiger partial charge in [0.2, 0.25) is 0 Å². The molecule has 0 spiro atoms. The summed E-state index contributed by atoms with van der Waals surface area (Å²) in [6, 6.07) is 6.14. The Bertz CT molecular complexity index is 332. The molecule has 3 N–H and O–H groups in total. The maximum Gasteiger partial charge on any atom is 0.0347 e. The van der Waals surface area contributed by atoms with Gasteiger partial charge in [0.05, 0.1) is 0 Å². The molecule has 1 aliphatic rings. The highest BCUT2D eigenvalue weighted by atomic mass is 79.9. The molecule has 1 aliphatic heterocycles.